The van der Waals surface area contributed by atoms with Crippen LogP contribution in [0.1, 0.15) is 6.42 Å². The molecule has 0 rings (SSSR count). The van der Waals surface area contributed by atoms with E-state index >= 15 is 0 Å². The average molecular weight is 232 g/mol. The van der Waals surface area contributed by atoms with Crippen LogP contribution in [-0.2, 0) is 9.47 Å². The van der Waals surface area contributed by atoms with Gasteiger partial charge in [-0.2, -0.15) is 0 Å². The van der Waals surface area contributed by atoms with Crippen molar-refractivity contribution in [3.63, 3.8) is 0 Å². The molecule has 5 heteroatoms. The predicted octanol–water partition coefficient (Wildman–Crippen LogP) is 0.0106. The van der Waals surface area contributed by atoms with E-state index in [-0.39, 0.29) is 6.04 Å². The first kappa shape index (κ1) is 14.8. The molecule has 0 heterocycles. The highest BCUT2D eigenvalue weighted by molar-refractivity contribution is 7.13. The normalized spacial score (nSPS) is 12.3. The summed E-state index contributed by atoms with van der Waals surface area (Å²) in [5.74, 6) is 2.60. The van der Waals surface area contributed by atoms with E-state index in [4.69, 9.17) is 15.9 Å². The van der Waals surface area contributed by atoms with E-state index in [1.165, 1.54) is 0 Å². The van der Waals surface area contributed by atoms with Gasteiger partial charge in [0, 0.05) is 19.0 Å². The zero-order valence-electron chi connectivity index (χ0n) is 9.29. The maximum Gasteiger partial charge on any atom is 0.0701 e. The third-order valence-electron chi connectivity index (χ3n) is 1.85. The van der Waals surface area contributed by atoms with Gasteiger partial charge in [0.15, 0.2) is 0 Å². The fourth-order valence-corrected chi connectivity index (χ4v) is 1.08. The lowest BCUT2D eigenvalue weighted by molar-refractivity contribution is 0.0424. The van der Waals surface area contributed by atoms with Gasteiger partial charge in [-0.25, -0.2) is 0 Å². The lowest BCUT2D eigenvalue weighted by atomic mass is 10.2. The zero-order chi connectivity index (χ0) is 11.4. The highest BCUT2D eigenvalue weighted by Gasteiger charge is 2.03. The van der Waals surface area contributed by atoms with Crippen LogP contribution in [0.4, 0.5) is 0 Å². The van der Waals surface area contributed by atoms with Crippen LogP contribution in [0.2, 0.25) is 0 Å². The van der Waals surface area contributed by atoms with Crippen molar-refractivity contribution >= 4 is 9.39 Å². The second-order valence-corrected chi connectivity index (χ2v) is 3.44. The number of ether oxygens (including phenoxy) is 2. The van der Waals surface area contributed by atoms with Gasteiger partial charge >= 0.3 is 0 Å². The summed E-state index contributed by atoms with van der Waals surface area (Å²) in [5, 5.41) is 6.01. The van der Waals surface area contributed by atoms with E-state index in [0.717, 1.165) is 6.54 Å². The molecule has 0 spiro atoms. The predicted molar refractivity (Wildman–Crippen MR) is 65.6 cm³/mol. The minimum atomic E-state index is 0.240. The number of hydrogen-bond acceptors (Lipinski definition) is 4. The van der Waals surface area contributed by atoms with Crippen LogP contribution in [0.15, 0.2) is 0 Å². The Hall–Kier alpha value is -0.170. The van der Waals surface area contributed by atoms with E-state index in [9.17, 15) is 0 Å². The molecule has 2 atom stereocenters. The molecule has 2 unspecified atom stereocenters. The maximum absolute atomic E-state index is 5.41. The molecule has 0 aliphatic heterocycles. The Kier molecular flexibility index (Phi) is 11.8. The summed E-state index contributed by atoms with van der Waals surface area (Å²) in [6, 6.07) is 0.240. The Morgan fingerprint density at radius 3 is 2.67 bits per heavy atom. The minimum Gasteiger partial charge on any atom is -0.378 e. The third-order valence-corrected chi connectivity index (χ3v) is 2.14. The summed E-state index contributed by atoms with van der Waals surface area (Å²) in [6.07, 6.45) is 5.90. The Labute approximate surface area is 94.7 Å². The highest BCUT2D eigenvalue weighted by atomic mass is 31.0. The maximum atomic E-state index is 5.41. The topological polar surface area (TPSA) is 42.5 Å². The monoisotopic (exact) mass is 232 g/mol. The second kappa shape index (κ2) is 11.9. The van der Waals surface area contributed by atoms with Gasteiger partial charge in [-0.05, 0) is 7.05 Å². The van der Waals surface area contributed by atoms with Crippen molar-refractivity contribution in [1.29, 1.82) is 0 Å². The summed E-state index contributed by atoms with van der Waals surface area (Å²) >= 11 is 0. The first-order valence-corrected chi connectivity index (χ1v) is 5.62. The number of terminal acetylenes is 1. The summed E-state index contributed by atoms with van der Waals surface area (Å²) in [5.41, 5.74) is 0. The minimum absolute atomic E-state index is 0.240. The first-order valence-electron chi connectivity index (χ1n) is 5.04. The Morgan fingerprint density at radius 1 is 1.33 bits per heavy atom. The van der Waals surface area contributed by atoms with Gasteiger partial charge in [0.05, 0.1) is 26.4 Å². The van der Waals surface area contributed by atoms with Crippen LogP contribution in [0.5, 0.6) is 0 Å². The van der Waals surface area contributed by atoms with E-state index in [1.807, 2.05) is 7.05 Å². The molecule has 0 bridgehead atoms. The lowest BCUT2D eigenvalue weighted by Crippen LogP contribution is -2.30. The van der Waals surface area contributed by atoms with Crippen LogP contribution in [0.3, 0.4) is 0 Å². The van der Waals surface area contributed by atoms with Crippen LogP contribution in [-0.4, -0.2) is 46.1 Å². The number of likely N-dealkylation sites (N-methyl/N-ethyl adjacent to an activating group) is 1. The first-order chi connectivity index (χ1) is 7.35. The van der Waals surface area contributed by atoms with E-state index < -0.39 is 0 Å². The summed E-state index contributed by atoms with van der Waals surface area (Å²) in [6.45, 7) is 3.40. The van der Waals surface area contributed by atoms with E-state index in [0.29, 0.717) is 32.8 Å². The molecule has 0 aromatic heterocycles. The highest BCUT2D eigenvalue weighted by Crippen LogP contribution is 1.91. The summed E-state index contributed by atoms with van der Waals surface area (Å²) < 4.78 is 10.7. The molecule has 0 amide bonds. The third kappa shape index (κ3) is 10.1. The largest absolute Gasteiger partial charge is 0.378 e. The Balaban J connectivity index is 3.18. The van der Waals surface area contributed by atoms with Gasteiger partial charge < -0.3 is 14.8 Å². The molecular formula is C10H21N2O2P. The van der Waals surface area contributed by atoms with Crippen LogP contribution in [0, 0.1) is 12.3 Å². The van der Waals surface area contributed by atoms with Crippen molar-refractivity contribution in [1.82, 2.24) is 10.4 Å². The van der Waals surface area contributed by atoms with Gasteiger partial charge in [-0.3, -0.25) is 5.09 Å². The molecule has 0 aliphatic rings. The molecule has 4 nitrogen and oxygen atoms in total. The fraction of sp³-hybridized carbons (Fsp3) is 0.800. The number of rotatable bonds is 10. The Bertz CT molecular complexity index is 173. The number of nitrogens with one attached hydrogen (secondary N) is 2. The Morgan fingerprint density at radius 2 is 2.07 bits per heavy atom. The molecule has 0 aromatic carbocycles. The molecular weight excluding hydrogens is 211 g/mol. The van der Waals surface area contributed by atoms with E-state index in [1.54, 1.807) is 0 Å². The molecule has 0 saturated heterocycles. The standard InChI is InChI=1S/C10H21N2O2P/c1-3-4-10(11-2)9-14-8-7-13-6-5-12-15/h1,10-12H,4-9,15H2,2H3. The molecule has 15 heavy (non-hydrogen) atoms. The molecule has 0 fully saturated rings. The van der Waals surface area contributed by atoms with Crippen molar-refractivity contribution < 1.29 is 9.47 Å². The molecule has 88 valence electrons. The van der Waals surface area contributed by atoms with E-state index in [2.05, 4.69) is 25.7 Å². The second-order valence-electron chi connectivity index (χ2n) is 3.04. The van der Waals surface area contributed by atoms with Gasteiger partial charge in [0.25, 0.3) is 0 Å². The smallest absolute Gasteiger partial charge is 0.0701 e. The lowest BCUT2D eigenvalue weighted by Gasteiger charge is -2.13. The van der Waals surface area contributed by atoms with Crippen LogP contribution in [0.25, 0.3) is 0 Å². The fourth-order valence-electron chi connectivity index (χ4n) is 0.963. The van der Waals surface area contributed by atoms with Crippen molar-refractivity contribution in [2.45, 2.75) is 12.5 Å². The molecule has 0 aromatic rings. The van der Waals surface area contributed by atoms with Crippen molar-refractivity contribution in [2.24, 2.45) is 0 Å². The zero-order valence-corrected chi connectivity index (χ0v) is 10.4. The molecule has 0 radical (unpaired) electrons. The van der Waals surface area contributed by atoms with Gasteiger partial charge in [-0.1, -0.05) is 9.39 Å². The average Bonchev–Trinajstić information content (AvgIpc) is 2.26. The van der Waals surface area contributed by atoms with Crippen molar-refractivity contribution in [3.05, 3.63) is 0 Å². The molecule has 2 N–H and O–H groups in total. The van der Waals surface area contributed by atoms with Gasteiger partial charge in [-0.15, -0.1) is 12.3 Å². The SMILES string of the molecule is C#CCC(COCCOCCNP)NC. The van der Waals surface area contributed by atoms with Gasteiger partial charge in [0.2, 0.25) is 0 Å². The van der Waals surface area contributed by atoms with Gasteiger partial charge in [0.1, 0.15) is 0 Å². The van der Waals surface area contributed by atoms with Crippen LogP contribution >= 0.6 is 9.39 Å². The number of hydrogen-bond donors (Lipinski definition) is 2. The van der Waals surface area contributed by atoms with Crippen LogP contribution < -0.4 is 10.4 Å². The summed E-state index contributed by atoms with van der Waals surface area (Å²) in [7, 11) is 4.31. The van der Waals surface area contributed by atoms with Crippen molar-refractivity contribution in [3.8, 4) is 12.3 Å². The summed E-state index contributed by atoms with van der Waals surface area (Å²) in [4.78, 5) is 0. The molecule has 0 saturated carbocycles. The quantitative estimate of drug-likeness (QED) is 0.316. The molecule has 0 aliphatic carbocycles. The van der Waals surface area contributed by atoms with Crippen molar-refractivity contribution in [2.75, 3.05) is 40.0 Å².